The molecule has 0 aliphatic carbocycles. The lowest BCUT2D eigenvalue weighted by Crippen LogP contribution is -2.32. The molecular formula is C28H33NO4S2. The standard InChI is InChI=1S/C28H33NO4S2/c1-3-4-5-9-18-35(31,32)29-28(30)24-14-12-22(13-15-24)20-34-21-26-17-16-25(19-27(26)33-2)23-10-7-6-8-11-23/h6-8,10-17,19H,3-5,9,18,20-21H2,1-2H3,(H,29,30). The lowest BCUT2D eigenvalue weighted by atomic mass is 10.0. The predicted octanol–water partition coefficient (Wildman–Crippen LogP) is 6.44. The number of nitrogens with one attached hydrogen (secondary N) is 1. The minimum Gasteiger partial charge on any atom is -0.496 e. The Bertz CT molecular complexity index is 1190. The fourth-order valence-electron chi connectivity index (χ4n) is 3.68. The highest BCUT2D eigenvalue weighted by Gasteiger charge is 2.15. The molecule has 35 heavy (non-hydrogen) atoms. The van der Waals surface area contributed by atoms with Crippen molar-refractivity contribution < 1.29 is 17.9 Å². The summed E-state index contributed by atoms with van der Waals surface area (Å²) in [6.45, 7) is 2.07. The Labute approximate surface area is 213 Å². The van der Waals surface area contributed by atoms with E-state index in [1.807, 2.05) is 30.3 Å². The van der Waals surface area contributed by atoms with Crippen LogP contribution in [0.4, 0.5) is 0 Å². The Kier molecular flexibility index (Phi) is 10.2. The third-order valence-corrected chi connectivity index (χ3v) is 8.03. The first-order valence-electron chi connectivity index (χ1n) is 11.9. The van der Waals surface area contributed by atoms with Gasteiger partial charge in [0.2, 0.25) is 10.0 Å². The van der Waals surface area contributed by atoms with Gasteiger partial charge in [-0.2, -0.15) is 11.8 Å². The maximum Gasteiger partial charge on any atom is 0.264 e. The first kappa shape index (κ1) is 26.8. The van der Waals surface area contributed by atoms with Crippen LogP contribution in [0.1, 0.15) is 54.1 Å². The van der Waals surface area contributed by atoms with Crippen molar-refractivity contribution >= 4 is 27.7 Å². The van der Waals surface area contributed by atoms with Gasteiger partial charge < -0.3 is 4.74 Å². The zero-order valence-electron chi connectivity index (χ0n) is 20.3. The van der Waals surface area contributed by atoms with Crippen molar-refractivity contribution in [2.45, 2.75) is 44.1 Å². The number of methoxy groups -OCH3 is 1. The molecule has 0 aliphatic heterocycles. The number of benzene rings is 3. The average molecular weight is 512 g/mol. The lowest BCUT2D eigenvalue weighted by Gasteiger charge is -2.11. The SMILES string of the molecule is CCCCCCS(=O)(=O)NC(=O)c1ccc(CSCc2ccc(-c3ccccc3)cc2OC)cc1. The van der Waals surface area contributed by atoms with E-state index in [1.165, 1.54) is 0 Å². The van der Waals surface area contributed by atoms with Crippen molar-refractivity contribution in [3.8, 4) is 16.9 Å². The van der Waals surface area contributed by atoms with Gasteiger partial charge in [0.05, 0.1) is 12.9 Å². The van der Waals surface area contributed by atoms with E-state index >= 15 is 0 Å². The molecule has 0 saturated carbocycles. The molecule has 0 bridgehead atoms. The van der Waals surface area contributed by atoms with Crippen LogP contribution >= 0.6 is 11.8 Å². The summed E-state index contributed by atoms with van der Waals surface area (Å²) < 4.78 is 32.1. The maximum atomic E-state index is 12.4. The number of hydrogen-bond donors (Lipinski definition) is 1. The molecule has 0 spiro atoms. The number of ether oxygens (including phenoxy) is 1. The van der Waals surface area contributed by atoms with Crippen LogP contribution in [0.5, 0.6) is 5.75 Å². The summed E-state index contributed by atoms with van der Waals surface area (Å²) in [5.74, 6) is 1.81. The fourth-order valence-corrected chi connectivity index (χ4v) is 5.75. The van der Waals surface area contributed by atoms with Gasteiger partial charge >= 0.3 is 0 Å². The van der Waals surface area contributed by atoms with Crippen LogP contribution in [0.15, 0.2) is 72.8 Å². The highest BCUT2D eigenvalue weighted by Crippen LogP contribution is 2.30. The molecule has 1 amide bonds. The zero-order chi connectivity index (χ0) is 25.1. The molecule has 3 rings (SSSR count). The van der Waals surface area contributed by atoms with Crippen LogP contribution in [0, 0.1) is 0 Å². The van der Waals surface area contributed by atoms with E-state index in [4.69, 9.17) is 4.74 Å². The van der Waals surface area contributed by atoms with Gasteiger partial charge in [-0.15, -0.1) is 0 Å². The molecule has 0 atom stereocenters. The summed E-state index contributed by atoms with van der Waals surface area (Å²) >= 11 is 1.75. The second-order valence-corrected chi connectivity index (χ2v) is 11.2. The molecule has 0 saturated heterocycles. The quantitative estimate of drug-likeness (QED) is 0.268. The fraction of sp³-hybridized carbons (Fsp3) is 0.321. The summed E-state index contributed by atoms with van der Waals surface area (Å²) in [6.07, 6.45) is 3.44. The van der Waals surface area contributed by atoms with Gasteiger partial charge in [0.1, 0.15) is 5.75 Å². The van der Waals surface area contributed by atoms with Crippen LogP contribution in [0.25, 0.3) is 11.1 Å². The summed E-state index contributed by atoms with van der Waals surface area (Å²) in [4.78, 5) is 12.4. The number of carbonyl (C=O) groups excluding carboxylic acids is 1. The lowest BCUT2D eigenvalue weighted by molar-refractivity contribution is 0.0981. The van der Waals surface area contributed by atoms with E-state index in [0.717, 1.165) is 58.8 Å². The van der Waals surface area contributed by atoms with Gasteiger partial charge in [0.25, 0.3) is 5.91 Å². The molecule has 5 nitrogen and oxygen atoms in total. The summed E-state index contributed by atoms with van der Waals surface area (Å²) in [6, 6.07) is 23.6. The molecule has 0 fully saturated rings. The third kappa shape index (κ3) is 8.44. The number of hydrogen-bond acceptors (Lipinski definition) is 5. The molecular weight excluding hydrogens is 478 g/mol. The molecule has 0 aliphatic rings. The largest absolute Gasteiger partial charge is 0.496 e. The van der Waals surface area contributed by atoms with Crippen molar-refractivity contribution in [2.75, 3.05) is 12.9 Å². The van der Waals surface area contributed by atoms with Crippen LogP contribution in [0.3, 0.4) is 0 Å². The van der Waals surface area contributed by atoms with Gasteiger partial charge in [-0.25, -0.2) is 13.1 Å². The van der Waals surface area contributed by atoms with Gasteiger partial charge in [-0.3, -0.25) is 4.79 Å². The molecule has 0 heterocycles. The Morgan fingerprint density at radius 1 is 0.886 bits per heavy atom. The monoisotopic (exact) mass is 511 g/mol. The van der Waals surface area contributed by atoms with Crippen molar-refractivity contribution in [3.05, 3.63) is 89.5 Å². The minimum absolute atomic E-state index is 0.0245. The maximum absolute atomic E-state index is 12.4. The third-order valence-electron chi connectivity index (χ3n) is 5.65. The van der Waals surface area contributed by atoms with E-state index in [-0.39, 0.29) is 5.75 Å². The number of sulfonamides is 1. The number of unbranched alkanes of at least 4 members (excludes halogenated alkanes) is 3. The molecule has 186 valence electrons. The van der Waals surface area contributed by atoms with Crippen LogP contribution in [-0.4, -0.2) is 27.2 Å². The van der Waals surface area contributed by atoms with E-state index in [2.05, 4.69) is 42.0 Å². The van der Waals surface area contributed by atoms with Gasteiger partial charge in [-0.1, -0.05) is 80.8 Å². The molecule has 3 aromatic rings. The highest BCUT2D eigenvalue weighted by molar-refractivity contribution is 7.97. The molecule has 0 aromatic heterocycles. The molecule has 7 heteroatoms. The summed E-state index contributed by atoms with van der Waals surface area (Å²) in [5.41, 5.74) is 4.80. The van der Waals surface area contributed by atoms with Crippen LogP contribution in [0.2, 0.25) is 0 Å². The molecule has 0 radical (unpaired) electrons. The number of amides is 1. The zero-order valence-corrected chi connectivity index (χ0v) is 22.0. The van der Waals surface area contributed by atoms with Crippen LogP contribution in [-0.2, 0) is 21.5 Å². The van der Waals surface area contributed by atoms with Gasteiger partial charge in [0.15, 0.2) is 0 Å². The number of rotatable bonds is 13. The Balaban J connectivity index is 1.52. The van der Waals surface area contributed by atoms with Crippen molar-refractivity contribution in [2.24, 2.45) is 0 Å². The Morgan fingerprint density at radius 3 is 2.31 bits per heavy atom. The van der Waals surface area contributed by atoms with E-state index in [1.54, 1.807) is 31.0 Å². The van der Waals surface area contributed by atoms with Crippen molar-refractivity contribution in [1.29, 1.82) is 0 Å². The summed E-state index contributed by atoms with van der Waals surface area (Å²) in [5, 5.41) is 0. The molecule has 1 N–H and O–H groups in total. The highest BCUT2D eigenvalue weighted by atomic mass is 32.2. The van der Waals surface area contributed by atoms with E-state index < -0.39 is 15.9 Å². The van der Waals surface area contributed by atoms with Gasteiger partial charge in [0, 0.05) is 22.6 Å². The predicted molar refractivity (Wildman–Crippen MR) is 145 cm³/mol. The smallest absolute Gasteiger partial charge is 0.264 e. The van der Waals surface area contributed by atoms with Crippen LogP contribution < -0.4 is 9.46 Å². The Hall–Kier alpha value is -2.77. The molecule has 0 unspecified atom stereocenters. The minimum atomic E-state index is -3.61. The number of thioether (sulfide) groups is 1. The number of carbonyl (C=O) groups is 1. The van der Waals surface area contributed by atoms with E-state index in [9.17, 15) is 13.2 Å². The van der Waals surface area contributed by atoms with E-state index in [0.29, 0.717) is 12.0 Å². The average Bonchev–Trinajstić information content (AvgIpc) is 2.87. The first-order valence-corrected chi connectivity index (χ1v) is 14.7. The Morgan fingerprint density at radius 2 is 1.63 bits per heavy atom. The molecule has 3 aromatic carbocycles. The van der Waals surface area contributed by atoms with Crippen molar-refractivity contribution in [1.82, 2.24) is 4.72 Å². The topological polar surface area (TPSA) is 72.5 Å². The second kappa shape index (κ2) is 13.4. The summed E-state index contributed by atoms with van der Waals surface area (Å²) in [7, 11) is -1.92. The van der Waals surface area contributed by atoms with Gasteiger partial charge in [-0.05, 0) is 41.3 Å². The second-order valence-electron chi connectivity index (χ2n) is 8.39. The van der Waals surface area contributed by atoms with Crippen molar-refractivity contribution in [3.63, 3.8) is 0 Å². The normalized spacial score (nSPS) is 11.3. The first-order chi connectivity index (χ1) is 16.9.